The molecular formula is C6H7N2O2S. The molecule has 1 radical (unpaired) electrons. The van der Waals surface area contributed by atoms with E-state index in [1.165, 1.54) is 6.20 Å². The van der Waals surface area contributed by atoms with Crippen molar-refractivity contribution in [1.82, 2.24) is 10.2 Å². The Balaban J connectivity index is 2.82. The van der Waals surface area contributed by atoms with Crippen LogP contribution in [0.5, 0.6) is 0 Å². The molecule has 0 atom stereocenters. The Morgan fingerprint density at radius 2 is 2.27 bits per heavy atom. The molecule has 0 saturated heterocycles. The summed E-state index contributed by atoms with van der Waals surface area (Å²) in [5, 5.41) is 7.12. The number of sulfone groups is 1. The van der Waals surface area contributed by atoms with Gasteiger partial charge in [-0.25, -0.2) is 8.42 Å². The maximum atomic E-state index is 10.6. The van der Waals surface area contributed by atoms with Gasteiger partial charge < -0.3 is 0 Å². The van der Waals surface area contributed by atoms with E-state index in [9.17, 15) is 8.42 Å². The first kappa shape index (κ1) is 8.13. The molecule has 0 aliphatic rings. The molecule has 0 saturated carbocycles. The minimum atomic E-state index is -3.23. The van der Waals surface area contributed by atoms with Gasteiger partial charge in [-0.1, -0.05) is 0 Å². The Labute approximate surface area is 65.2 Å². The Hall–Kier alpha value is -0.970. The van der Waals surface area contributed by atoms with E-state index in [0.717, 1.165) is 0 Å². The van der Waals surface area contributed by atoms with Gasteiger partial charge in [0.15, 0.2) is 9.84 Å². The zero-order chi connectivity index (χ0) is 8.32. The van der Waals surface area contributed by atoms with Crippen molar-refractivity contribution in [1.29, 1.82) is 0 Å². The third kappa shape index (κ3) is 3.08. The maximum Gasteiger partial charge on any atom is 0.157 e. The van der Waals surface area contributed by atoms with E-state index in [2.05, 4.69) is 16.5 Å². The van der Waals surface area contributed by atoms with Crippen LogP contribution in [0, 0.1) is 6.26 Å². The van der Waals surface area contributed by atoms with Crippen LogP contribution in [-0.2, 0) is 15.6 Å². The number of rotatable bonds is 2. The second-order valence-electron chi connectivity index (χ2n) is 2.10. The Morgan fingerprint density at radius 1 is 1.55 bits per heavy atom. The van der Waals surface area contributed by atoms with Crippen molar-refractivity contribution in [2.24, 2.45) is 0 Å². The van der Waals surface area contributed by atoms with Crippen LogP contribution >= 0.6 is 0 Å². The van der Waals surface area contributed by atoms with Gasteiger partial charge in [-0.3, -0.25) is 0 Å². The van der Waals surface area contributed by atoms with Crippen molar-refractivity contribution in [3.8, 4) is 0 Å². The first-order valence-corrected chi connectivity index (χ1v) is 4.72. The van der Waals surface area contributed by atoms with Gasteiger partial charge in [0.1, 0.15) is 0 Å². The summed E-state index contributed by atoms with van der Waals surface area (Å²) >= 11 is 0. The molecule has 0 amide bonds. The molecule has 4 nitrogen and oxygen atoms in total. The van der Waals surface area contributed by atoms with Crippen LogP contribution in [0.4, 0.5) is 0 Å². The summed E-state index contributed by atoms with van der Waals surface area (Å²) in [5.41, 5.74) is 0.419. The summed E-state index contributed by atoms with van der Waals surface area (Å²) in [5.74, 6) is -0.152. The summed E-state index contributed by atoms with van der Waals surface area (Å²) in [4.78, 5) is 0. The fourth-order valence-corrected chi connectivity index (χ4v) is 1.24. The summed E-state index contributed by atoms with van der Waals surface area (Å²) in [7, 11) is -3.23. The normalized spacial score (nSPS) is 11.4. The van der Waals surface area contributed by atoms with Gasteiger partial charge in [0.05, 0.1) is 17.7 Å². The molecule has 5 heteroatoms. The number of aromatic nitrogens is 2. The Bertz CT molecular complexity index is 320. The third-order valence-electron chi connectivity index (χ3n) is 0.995. The molecule has 11 heavy (non-hydrogen) atoms. The number of hydrogen-bond donors (Lipinski definition) is 0. The van der Waals surface area contributed by atoms with Gasteiger partial charge in [0, 0.05) is 6.20 Å². The molecule has 0 aromatic carbocycles. The van der Waals surface area contributed by atoms with Crippen LogP contribution in [0.25, 0.3) is 0 Å². The summed E-state index contributed by atoms with van der Waals surface area (Å²) in [6.07, 6.45) is 4.46. The van der Waals surface area contributed by atoms with Crippen molar-refractivity contribution in [2.45, 2.75) is 5.75 Å². The zero-order valence-corrected chi connectivity index (χ0v) is 6.58. The van der Waals surface area contributed by atoms with Gasteiger partial charge in [0.2, 0.25) is 0 Å². The lowest BCUT2D eigenvalue weighted by molar-refractivity contribution is 0.602. The highest BCUT2D eigenvalue weighted by Gasteiger charge is 2.04. The zero-order valence-electron chi connectivity index (χ0n) is 5.77. The molecule has 0 bridgehead atoms. The second-order valence-corrected chi connectivity index (χ2v) is 3.88. The average Bonchev–Trinajstić information content (AvgIpc) is 1.85. The number of hydrogen-bond acceptors (Lipinski definition) is 4. The highest BCUT2D eigenvalue weighted by molar-refractivity contribution is 7.91. The molecule has 0 spiro atoms. The van der Waals surface area contributed by atoms with Gasteiger partial charge in [-0.05, 0) is 12.1 Å². The summed E-state index contributed by atoms with van der Waals surface area (Å²) in [6, 6.07) is 3.23. The van der Waals surface area contributed by atoms with E-state index >= 15 is 0 Å². The lowest BCUT2D eigenvalue weighted by atomic mass is 10.4. The molecule has 0 fully saturated rings. The highest BCUT2D eigenvalue weighted by Crippen LogP contribution is 1.98. The monoisotopic (exact) mass is 171 g/mol. The molecule has 59 valence electrons. The predicted molar refractivity (Wildman–Crippen MR) is 40.0 cm³/mol. The van der Waals surface area contributed by atoms with Gasteiger partial charge in [0.25, 0.3) is 0 Å². The smallest absolute Gasteiger partial charge is 0.157 e. The van der Waals surface area contributed by atoms with Crippen molar-refractivity contribution >= 4 is 9.84 Å². The molecule has 1 aromatic heterocycles. The van der Waals surface area contributed by atoms with E-state index in [1.54, 1.807) is 12.1 Å². The molecule has 0 aliphatic carbocycles. The SMILES string of the molecule is [CH2]S(=O)(=O)Cc1cccnn1. The Morgan fingerprint density at radius 3 is 2.73 bits per heavy atom. The quantitative estimate of drug-likeness (QED) is 0.637. The van der Waals surface area contributed by atoms with Gasteiger partial charge in [-0.15, -0.1) is 0 Å². The molecule has 1 rings (SSSR count). The highest BCUT2D eigenvalue weighted by atomic mass is 32.2. The summed E-state index contributed by atoms with van der Waals surface area (Å²) in [6.45, 7) is 0. The molecule has 0 N–H and O–H groups in total. The van der Waals surface area contributed by atoms with E-state index in [-0.39, 0.29) is 5.75 Å². The van der Waals surface area contributed by atoms with Crippen LogP contribution in [-0.4, -0.2) is 18.6 Å². The molecular weight excluding hydrogens is 164 g/mol. The predicted octanol–water partition coefficient (Wildman–Crippen LogP) is 0.183. The molecule has 1 aromatic rings. The fourth-order valence-electron chi connectivity index (χ4n) is 0.636. The minimum absolute atomic E-state index is 0.152. The Kier molecular flexibility index (Phi) is 2.19. The van der Waals surface area contributed by atoms with Crippen LogP contribution in [0.15, 0.2) is 18.3 Å². The van der Waals surface area contributed by atoms with Gasteiger partial charge in [-0.2, -0.15) is 10.2 Å². The van der Waals surface area contributed by atoms with Crippen LogP contribution in [0.2, 0.25) is 0 Å². The fraction of sp³-hybridized carbons (Fsp3) is 0.167. The van der Waals surface area contributed by atoms with E-state index in [1.807, 2.05) is 0 Å². The van der Waals surface area contributed by atoms with Crippen LogP contribution < -0.4 is 0 Å². The molecule has 0 unspecified atom stereocenters. The van der Waals surface area contributed by atoms with Crippen molar-refractivity contribution < 1.29 is 8.42 Å². The van der Waals surface area contributed by atoms with E-state index in [4.69, 9.17) is 0 Å². The van der Waals surface area contributed by atoms with Crippen molar-refractivity contribution in [3.05, 3.63) is 30.3 Å². The number of nitrogens with zero attached hydrogens (tertiary/aromatic N) is 2. The van der Waals surface area contributed by atoms with E-state index < -0.39 is 9.84 Å². The lowest BCUT2D eigenvalue weighted by Gasteiger charge is -1.94. The molecule has 0 aliphatic heterocycles. The second kappa shape index (κ2) is 2.96. The standard InChI is InChI=1S/C6H7N2O2S/c1-11(9,10)5-6-3-2-4-7-8-6/h2-4H,1,5H2. The lowest BCUT2D eigenvalue weighted by Crippen LogP contribution is -2.00. The first-order valence-electron chi connectivity index (χ1n) is 2.90. The van der Waals surface area contributed by atoms with Crippen LogP contribution in [0.1, 0.15) is 5.69 Å². The van der Waals surface area contributed by atoms with E-state index in [0.29, 0.717) is 5.69 Å². The van der Waals surface area contributed by atoms with Crippen LogP contribution in [0.3, 0.4) is 0 Å². The topological polar surface area (TPSA) is 59.9 Å². The van der Waals surface area contributed by atoms with Gasteiger partial charge >= 0.3 is 0 Å². The summed E-state index contributed by atoms with van der Waals surface area (Å²) < 4.78 is 21.2. The maximum absolute atomic E-state index is 10.6. The third-order valence-corrected chi connectivity index (χ3v) is 1.73. The first-order chi connectivity index (χ1) is 5.08. The average molecular weight is 171 g/mol. The van der Waals surface area contributed by atoms with Crippen molar-refractivity contribution in [2.75, 3.05) is 0 Å². The largest absolute Gasteiger partial charge is 0.228 e. The van der Waals surface area contributed by atoms with Crippen molar-refractivity contribution in [3.63, 3.8) is 0 Å². The molecule has 1 heterocycles. The minimum Gasteiger partial charge on any atom is -0.228 e.